The summed E-state index contributed by atoms with van der Waals surface area (Å²) in [5, 5.41) is 4.80. The lowest BCUT2D eigenvalue weighted by Gasteiger charge is -2.26. The smallest absolute Gasteiger partial charge is 0.0457 e. The van der Waals surface area contributed by atoms with Gasteiger partial charge in [0.15, 0.2) is 0 Å². The first-order valence-electron chi connectivity index (χ1n) is 7.27. The van der Waals surface area contributed by atoms with Crippen LogP contribution in [0.1, 0.15) is 30.9 Å². The topological polar surface area (TPSA) is 31.1 Å². The Kier molecular flexibility index (Phi) is 3.58. The molecule has 1 aromatic carbocycles. The molecule has 0 spiro atoms. The maximum Gasteiger partial charge on any atom is 0.0457 e. The van der Waals surface area contributed by atoms with Crippen LogP contribution in [-0.2, 0) is 6.54 Å². The number of fused-ring (bicyclic) bond motifs is 1. The highest BCUT2D eigenvalue weighted by Gasteiger charge is 2.13. The molecule has 0 amide bonds. The quantitative estimate of drug-likeness (QED) is 0.886. The van der Waals surface area contributed by atoms with Crippen molar-refractivity contribution >= 4 is 10.9 Å². The SMILES string of the molecule is CC(C)c1ccc2[nH]cc(CN3CCNCC3)c2c1. The molecule has 3 rings (SSSR count). The van der Waals surface area contributed by atoms with Crippen molar-refractivity contribution in [2.45, 2.75) is 26.3 Å². The zero-order valence-corrected chi connectivity index (χ0v) is 11.9. The summed E-state index contributed by atoms with van der Waals surface area (Å²) < 4.78 is 0. The van der Waals surface area contributed by atoms with E-state index in [1.54, 1.807) is 0 Å². The molecular weight excluding hydrogens is 234 g/mol. The van der Waals surface area contributed by atoms with E-state index < -0.39 is 0 Å². The van der Waals surface area contributed by atoms with E-state index in [0.29, 0.717) is 5.92 Å². The summed E-state index contributed by atoms with van der Waals surface area (Å²) in [6, 6.07) is 6.80. The van der Waals surface area contributed by atoms with Gasteiger partial charge in [-0.2, -0.15) is 0 Å². The Morgan fingerprint density at radius 2 is 2.00 bits per heavy atom. The molecule has 0 aliphatic carbocycles. The highest BCUT2D eigenvalue weighted by molar-refractivity contribution is 5.84. The Bertz CT molecular complexity index is 550. The third kappa shape index (κ3) is 2.67. The first-order chi connectivity index (χ1) is 9.24. The van der Waals surface area contributed by atoms with Crippen molar-refractivity contribution in [3.63, 3.8) is 0 Å². The van der Waals surface area contributed by atoms with Crippen molar-refractivity contribution in [2.75, 3.05) is 26.2 Å². The van der Waals surface area contributed by atoms with Crippen LogP contribution in [0.5, 0.6) is 0 Å². The molecule has 0 radical (unpaired) electrons. The fourth-order valence-corrected chi connectivity index (χ4v) is 2.80. The van der Waals surface area contributed by atoms with Gasteiger partial charge in [0, 0.05) is 49.8 Å². The number of aromatic nitrogens is 1. The third-order valence-electron chi connectivity index (χ3n) is 4.06. The van der Waals surface area contributed by atoms with Gasteiger partial charge < -0.3 is 10.3 Å². The molecule has 3 nitrogen and oxygen atoms in total. The van der Waals surface area contributed by atoms with E-state index >= 15 is 0 Å². The van der Waals surface area contributed by atoms with Gasteiger partial charge in [0.1, 0.15) is 0 Å². The van der Waals surface area contributed by atoms with Gasteiger partial charge in [-0.1, -0.05) is 19.9 Å². The van der Waals surface area contributed by atoms with Crippen molar-refractivity contribution in [1.82, 2.24) is 15.2 Å². The first-order valence-corrected chi connectivity index (χ1v) is 7.27. The lowest BCUT2D eigenvalue weighted by molar-refractivity contribution is 0.234. The van der Waals surface area contributed by atoms with Crippen LogP contribution in [0.3, 0.4) is 0 Å². The molecule has 1 aliphatic rings. The zero-order chi connectivity index (χ0) is 13.2. The average molecular weight is 257 g/mol. The highest BCUT2D eigenvalue weighted by atomic mass is 15.2. The molecule has 2 N–H and O–H groups in total. The molecule has 0 bridgehead atoms. The van der Waals surface area contributed by atoms with E-state index in [9.17, 15) is 0 Å². The predicted octanol–water partition coefficient (Wildman–Crippen LogP) is 2.70. The normalized spacial score (nSPS) is 17.4. The predicted molar refractivity (Wildman–Crippen MR) is 80.5 cm³/mol. The monoisotopic (exact) mass is 257 g/mol. The number of hydrogen-bond acceptors (Lipinski definition) is 2. The number of nitrogens with one attached hydrogen (secondary N) is 2. The molecule has 0 atom stereocenters. The fourth-order valence-electron chi connectivity index (χ4n) is 2.80. The van der Waals surface area contributed by atoms with E-state index in [1.807, 2.05) is 0 Å². The minimum atomic E-state index is 0.589. The molecular formula is C16H23N3. The van der Waals surface area contributed by atoms with Crippen molar-refractivity contribution in [2.24, 2.45) is 0 Å². The molecule has 0 unspecified atom stereocenters. The second-order valence-corrected chi connectivity index (χ2v) is 5.80. The largest absolute Gasteiger partial charge is 0.361 e. The standard InChI is InChI=1S/C16H23N3/c1-12(2)13-3-4-16-15(9-13)14(10-18-16)11-19-7-5-17-6-8-19/h3-4,9-10,12,17-18H,5-8,11H2,1-2H3. The lowest BCUT2D eigenvalue weighted by atomic mass is 10.0. The summed E-state index contributed by atoms with van der Waals surface area (Å²) >= 11 is 0. The van der Waals surface area contributed by atoms with Crippen LogP contribution < -0.4 is 5.32 Å². The van der Waals surface area contributed by atoms with Gasteiger partial charge in [-0.05, 0) is 29.2 Å². The van der Waals surface area contributed by atoms with Gasteiger partial charge in [-0.3, -0.25) is 4.90 Å². The molecule has 1 saturated heterocycles. The summed E-state index contributed by atoms with van der Waals surface area (Å²) in [5.41, 5.74) is 4.11. The second-order valence-electron chi connectivity index (χ2n) is 5.80. The highest BCUT2D eigenvalue weighted by Crippen LogP contribution is 2.24. The molecule has 2 aromatic rings. The molecule has 1 aliphatic heterocycles. The van der Waals surface area contributed by atoms with Gasteiger partial charge in [-0.25, -0.2) is 0 Å². The van der Waals surface area contributed by atoms with Crippen LogP contribution in [0.4, 0.5) is 0 Å². The van der Waals surface area contributed by atoms with Crippen molar-refractivity contribution in [3.8, 4) is 0 Å². The van der Waals surface area contributed by atoms with Gasteiger partial charge in [0.25, 0.3) is 0 Å². The van der Waals surface area contributed by atoms with Crippen molar-refractivity contribution in [3.05, 3.63) is 35.5 Å². The van der Waals surface area contributed by atoms with Crippen LogP contribution in [0, 0.1) is 0 Å². The number of hydrogen-bond donors (Lipinski definition) is 2. The number of piperazine rings is 1. The molecule has 1 aromatic heterocycles. The van der Waals surface area contributed by atoms with Crippen LogP contribution >= 0.6 is 0 Å². The maximum absolute atomic E-state index is 3.41. The Morgan fingerprint density at radius 1 is 1.21 bits per heavy atom. The summed E-state index contributed by atoms with van der Waals surface area (Å²) in [6.07, 6.45) is 2.18. The van der Waals surface area contributed by atoms with Gasteiger partial charge in [-0.15, -0.1) is 0 Å². The molecule has 19 heavy (non-hydrogen) atoms. The number of nitrogens with zero attached hydrogens (tertiary/aromatic N) is 1. The lowest BCUT2D eigenvalue weighted by Crippen LogP contribution is -2.42. The number of aromatic amines is 1. The van der Waals surface area contributed by atoms with Crippen LogP contribution in [0.25, 0.3) is 10.9 Å². The number of rotatable bonds is 3. The van der Waals surface area contributed by atoms with E-state index in [-0.39, 0.29) is 0 Å². The van der Waals surface area contributed by atoms with Crippen LogP contribution in [-0.4, -0.2) is 36.1 Å². The molecule has 1 fully saturated rings. The molecule has 102 valence electrons. The molecule has 3 heteroatoms. The first kappa shape index (κ1) is 12.7. The average Bonchev–Trinajstić information content (AvgIpc) is 2.82. The van der Waals surface area contributed by atoms with Gasteiger partial charge in [0.05, 0.1) is 0 Å². The van der Waals surface area contributed by atoms with Crippen LogP contribution in [0.2, 0.25) is 0 Å². The Labute approximate surface area is 115 Å². The minimum Gasteiger partial charge on any atom is -0.361 e. The van der Waals surface area contributed by atoms with E-state index in [0.717, 1.165) is 32.7 Å². The summed E-state index contributed by atoms with van der Waals surface area (Å²) in [7, 11) is 0. The number of benzene rings is 1. The molecule has 2 heterocycles. The van der Waals surface area contributed by atoms with Crippen molar-refractivity contribution < 1.29 is 0 Å². The van der Waals surface area contributed by atoms with Gasteiger partial charge in [0.2, 0.25) is 0 Å². The van der Waals surface area contributed by atoms with E-state index in [1.165, 1.54) is 22.0 Å². The van der Waals surface area contributed by atoms with Crippen molar-refractivity contribution in [1.29, 1.82) is 0 Å². The maximum atomic E-state index is 3.41. The second kappa shape index (κ2) is 5.35. The third-order valence-corrected chi connectivity index (χ3v) is 4.06. The summed E-state index contributed by atoms with van der Waals surface area (Å²) in [6.45, 7) is 10.1. The van der Waals surface area contributed by atoms with E-state index in [4.69, 9.17) is 0 Å². The van der Waals surface area contributed by atoms with Crippen LogP contribution in [0.15, 0.2) is 24.4 Å². The zero-order valence-electron chi connectivity index (χ0n) is 11.9. The Morgan fingerprint density at radius 3 is 2.74 bits per heavy atom. The van der Waals surface area contributed by atoms with E-state index in [2.05, 4.69) is 53.4 Å². The Balaban J connectivity index is 1.87. The molecule has 0 saturated carbocycles. The van der Waals surface area contributed by atoms with Gasteiger partial charge >= 0.3 is 0 Å². The minimum absolute atomic E-state index is 0.589. The number of H-pyrrole nitrogens is 1. The summed E-state index contributed by atoms with van der Waals surface area (Å²) in [5.74, 6) is 0.589. The Hall–Kier alpha value is -1.32. The fraction of sp³-hybridized carbons (Fsp3) is 0.500. The summed E-state index contributed by atoms with van der Waals surface area (Å²) in [4.78, 5) is 5.93.